The number of ether oxygens (including phenoxy) is 1. The molecule has 0 fully saturated rings. The van der Waals surface area contributed by atoms with Crippen molar-refractivity contribution in [2.75, 3.05) is 21.2 Å². The zero-order chi connectivity index (χ0) is 16.3. The average molecular weight is 303 g/mol. The predicted molar refractivity (Wildman–Crippen MR) is 94.8 cm³/mol. The molecule has 0 spiro atoms. The quantitative estimate of drug-likeness (QED) is 0.758. The van der Waals surface area contributed by atoms with Crippen LogP contribution in [0.25, 0.3) is 0 Å². The van der Waals surface area contributed by atoms with Gasteiger partial charge in [-0.2, -0.15) is 0 Å². The fourth-order valence-electron chi connectivity index (χ4n) is 4.65. The third kappa shape index (κ3) is 3.03. The van der Waals surface area contributed by atoms with Crippen LogP contribution in [0.4, 0.5) is 0 Å². The van der Waals surface area contributed by atoms with E-state index in [9.17, 15) is 0 Å². The zero-order valence-electron chi connectivity index (χ0n) is 15.3. The second-order valence-electron chi connectivity index (χ2n) is 7.32. The lowest BCUT2D eigenvalue weighted by Gasteiger charge is -2.50. The van der Waals surface area contributed by atoms with Gasteiger partial charge in [0.25, 0.3) is 0 Å². The van der Waals surface area contributed by atoms with Gasteiger partial charge in [0, 0.05) is 11.5 Å². The molecule has 0 saturated carbocycles. The van der Waals surface area contributed by atoms with Gasteiger partial charge in [-0.3, -0.25) is 0 Å². The summed E-state index contributed by atoms with van der Waals surface area (Å²) >= 11 is 0. The summed E-state index contributed by atoms with van der Waals surface area (Å²) in [5.41, 5.74) is 3.26. The Morgan fingerprint density at radius 3 is 2.55 bits per heavy atom. The third-order valence-electron chi connectivity index (χ3n) is 5.64. The van der Waals surface area contributed by atoms with Gasteiger partial charge in [0.05, 0.1) is 7.11 Å². The first kappa shape index (κ1) is 17.3. The average Bonchev–Trinajstić information content (AvgIpc) is 2.51. The van der Waals surface area contributed by atoms with E-state index in [4.69, 9.17) is 4.74 Å². The van der Waals surface area contributed by atoms with E-state index in [1.165, 1.54) is 43.2 Å². The second kappa shape index (κ2) is 7.04. The van der Waals surface area contributed by atoms with Gasteiger partial charge in [-0.15, -0.1) is 0 Å². The molecule has 124 valence electrons. The van der Waals surface area contributed by atoms with E-state index in [1.807, 2.05) is 0 Å². The maximum Gasteiger partial charge on any atom is 0.119 e. The van der Waals surface area contributed by atoms with Crippen molar-refractivity contribution in [2.24, 2.45) is 5.92 Å². The van der Waals surface area contributed by atoms with E-state index < -0.39 is 0 Å². The summed E-state index contributed by atoms with van der Waals surface area (Å²) in [6.07, 6.45) is 6.24. The van der Waals surface area contributed by atoms with Crippen LogP contribution < -0.4 is 4.74 Å². The highest BCUT2D eigenvalue weighted by Crippen LogP contribution is 2.47. The molecule has 1 aromatic carbocycles. The van der Waals surface area contributed by atoms with E-state index >= 15 is 0 Å². The Kier molecular flexibility index (Phi) is 5.55. The van der Waals surface area contributed by atoms with Crippen LogP contribution in [0, 0.1) is 5.92 Å². The molecule has 0 N–H and O–H groups in total. The molecule has 0 heterocycles. The van der Waals surface area contributed by atoms with Gasteiger partial charge in [-0.05, 0) is 56.1 Å². The molecule has 0 amide bonds. The van der Waals surface area contributed by atoms with E-state index in [0.29, 0.717) is 6.04 Å². The van der Waals surface area contributed by atoms with Crippen LogP contribution in [0.3, 0.4) is 0 Å². The Balaban J connectivity index is 2.55. The van der Waals surface area contributed by atoms with Gasteiger partial charge in [0.1, 0.15) is 5.75 Å². The number of hydrogen-bond acceptors (Lipinski definition) is 2. The Hall–Kier alpha value is -1.02. The third-order valence-corrected chi connectivity index (χ3v) is 5.64. The van der Waals surface area contributed by atoms with E-state index in [1.54, 1.807) is 7.11 Å². The lowest BCUT2D eigenvalue weighted by Crippen LogP contribution is -2.54. The lowest BCUT2D eigenvalue weighted by molar-refractivity contribution is 0.0956. The second-order valence-corrected chi connectivity index (χ2v) is 7.32. The van der Waals surface area contributed by atoms with Crippen molar-refractivity contribution in [1.29, 1.82) is 0 Å². The van der Waals surface area contributed by atoms with Crippen molar-refractivity contribution in [3.05, 3.63) is 29.3 Å². The van der Waals surface area contributed by atoms with Crippen LogP contribution in [-0.2, 0) is 11.8 Å². The molecular formula is C20H33NO. The Morgan fingerprint density at radius 1 is 1.27 bits per heavy atom. The summed E-state index contributed by atoms with van der Waals surface area (Å²) in [6, 6.07) is 7.32. The normalized spacial score (nSPS) is 27.8. The van der Waals surface area contributed by atoms with Crippen molar-refractivity contribution < 1.29 is 4.74 Å². The molecule has 2 nitrogen and oxygen atoms in total. The number of nitrogens with zero attached hydrogens (tertiary/aromatic N) is 1. The van der Waals surface area contributed by atoms with E-state index in [-0.39, 0.29) is 5.41 Å². The minimum Gasteiger partial charge on any atom is -0.497 e. The van der Waals surface area contributed by atoms with Crippen molar-refractivity contribution in [3.8, 4) is 5.75 Å². The topological polar surface area (TPSA) is 12.5 Å². The van der Waals surface area contributed by atoms with Gasteiger partial charge in [0.2, 0.25) is 0 Å². The zero-order valence-corrected chi connectivity index (χ0v) is 15.3. The smallest absolute Gasteiger partial charge is 0.119 e. The number of methoxy groups -OCH3 is 1. The van der Waals surface area contributed by atoms with Crippen molar-refractivity contribution in [1.82, 2.24) is 4.90 Å². The minimum atomic E-state index is 0.211. The molecule has 0 saturated heterocycles. The molecule has 1 aliphatic carbocycles. The van der Waals surface area contributed by atoms with Crippen LogP contribution in [-0.4, -0.2) is 32.1 Å². The number of hydrogen-bond donors (Lipinski definition) is 0. The molecule has 3 atom stereocenters. The maximum absolute atomic E-state index is 5.51. The molecule has 2 heteroatoms. The van der Waals surface area contributed by atoms with Crippen LogP contribution >= 0.6 is 0 Å². The van der Waals surface area contributed by atoms with Crippen molar-refractivity contribution in [2.45, 2.75) is 64.3 Å². The van der Waals surface area contributed by atoms with Crippen molar-refractivity contribution in [3.63, 3.8) is 0 Å². The highest BCUT2D eigenvalue weighted by atomic mass is 16.5. The standard InChI is InChI=1S/C20H33NO/c1-7-9-12-20(3)18-14-17(22-6)11-10-16(18)13-15(8-2)19(20)21(4)5/h10-11,14-15,19H,7-9,12-13H2,1-6H3/t15-,19-,20+/m0/s1. The van der Waals surface area contributed by atoms with Gasteiger partial charge in [-0.25, -0.2) is 0 Å². The van der Waals surface area contributed by atoms with Crippen LogP contribution in [0.15, 0.2) is 18.2 Å². The largest absolute Gasteiger partial charge is 0.497 e. The van der Waals surface area contributed by atoms with Gasteiger partial charge < -0.3 is 9.64 Å². The van der Waals surface area contributed by atoms with Crippen LogP contribution in [0.5, 0.6) is 5.75 Å². The molecule has 22 heavy (non-hydrogen) atoms. The monoisotopic (exact) mass is 303 g/mol. The first-order valence-corrected chi connectivity index (χ1v) is 8.81. The van der Waals surface area contributed by atoms with Gasteiger partial charge in [0.15, 0.2) is 0 Å². The summed E-state index contributed by atoms with van der Waals surface area (Å²) < 4.78 is 5.51. The Morgan fingerprint density at radius 2 is 2.00 bits per heavy atom. The molecular weight excluding hydrogens is 270 g/mol. The summed E-state index contributed by atoms with van der Waals surface area (Å²) in [5, 5.41) is 0. The molecule has 0 unspecified atom stereocenters. The first-order valence-electron chi connectivity index (χ1n) is 8.81. The first-order chi connectivity index (χ1) is 10.5. The Labute approximate surface area is 136 Å². The lowest BCUT2D eigenvalue weighted by atomic mass is 9.60. The van der Waals surface area contributed by atoms with Crippen molar-refractivity contribution >= 4 is 0 Å². The summed E-state index contributed by atoms with van der Waals surface area (Å²) in [4.78, 5) is 2.46. The molecule has 0 bridgehead atoms. The molecule has 2 rings (SSSR count). The van der Waals surface area contributed by atoms with Crippen LogP contribution in [0.1, 0.15) is 57.6 Å². The SMILES string of the molecule is CCCC[C@]1(C)c2cc(OC)ccc2C[C@H](CC)[C@@H]1N(C)C. The summed E-state index contributed by atoms with van der Waals surface area (Å²) in [7, 11) is 6.28. The fraction of sp³-hybridized carbons (Fsp3) is 0.700. The van der Waals surface area contributed by atoms with E-state index in [2.05, 4.69) is 58.0 Å². The summed E-state index contributed by atoms with van der Waals surface area (Å²) in [6.45, 7) is 7.12. The molecule has 0 aromatic heterocycles. The molecule has 1 aliphatic rings. The highest BCUT2D eigenvalue weighted by molar-refractivity contribution is 5.44. The highest BCUT2D eigenvalue weighted by Gasteiger charge is 2.45. The van der Waals surface area contributed by atoms with Gasteiger partial charge >= 0.3 is 0 Å². The van der Waals surface area contributed by atoms with E-state index in [0.717, 1.165) is 11.7 Å². The number of likely N-dealkylation sites (N-methyl/N-ethyl adjacent to an activating group) is 1. The molecule has 1 aromatic rings. The summed E-state index contributed by atoms with van der Waals surface area (Å²) in [5.74, 6) is 1.73. The number of fused-ring (bicyclic) bond motifs is 1. The maximum atomic E-state index is 5.51. The minimum absolute atomic E-state index is 0.211. The molecule has 0 aliphatic heterocycles. The van der Waals surface area contributed by atoms with Gasteiger partial charge in [-0.1, -0.05) is 46.1 Å². The molecule has 0 radical (unpaired) electrons. The fourth-order valence-corrected chi connectivity index (χ4v) is 4.65. The van der Waals surface area contributed by atoms with Crippen LogP contribution in [0.2, 0.25) is 0 Å². The number of unbranched alkanes of at least 4 members (excludes halogenated alkanes) is 1. The number of benzene rings is 1. The predicted octanol–water partition coefficient (Wildman–Crippen LogP) is 4.66. The Bertz CT molecular complexity index is 496. The number of rotatable bonds is 6.